The molecule has 2 aromatic rings. The topological polar surface area (TPSA) is 73.2 Å². The molecule has 1 aromatic carbocycles. The zero-order valence-corrected chi connectivity index (χ0v) is 14.2. The molecule has 0 bridgehead atoms. The Kier molecular flexibility index (Phi) is 5.84. The molecule has 1 amide bonds. The van der Waals surface area contributed by atoms with Crippen LogP contribution in [0.1, 0.15) is 31.3 Å². The van der Waals surface area contributed by atoms with E-state index in [-0.39, 0.29) is 29.8 Å². The van der Waals surface area contributed by atoms with E-state index >= 15 is 0 Å². The Bertz CT molecular complexity index is 834. The van der Waals surface area contributed by atoms with E-state index in [1.54, 1.807) is 6.92 Å². The largest absolute Gasteiger partial charge is 0.478 e. The third kappa shape index (κ3) is 4.40. The van der Waals surface area contributed by atoms with E-state index in [4.69, 9.17) is 4.74 Å². The molecule has 0 spiro atoms. The molecule has 25 heavy (non-hydrogen) atoms. The third-order valence-corrected chi connectivity index (χ3v) is 3.22. The number of halogens is 2. The van der Waals surface area contributed by atoms with Crippen molar-refractivity contribution in [2.45, 2.75) is 20.8 Å². The Morgan fingerprint density at radius 3 is 2.60 bits per heavy atom. The summed E-state index contributed by atoms with van der Waals surface area (Å²) in [5.74, 6) is -2.51. The van der Waals surface area contributed by atoms with Crippen molar-refractivity contribution in [1.29, 1.82) is 0 Å². The van der Waals surface area contributed by atoms with E-state index in [0.29, 0.717) is 6.54 Å². The number of ether oxygens (including phenoxy) is 1. The van der Waals surface area contributed by atoms with Gasteiger partial charge in [-0.05, 0) is 25.0 Å². The zero-order chi connectivity index (χ0) is 18.6. The average Bonchev–Trinajstić information content (AvgIpc) is 2.56. The summed E-state index contributed by atoms with van der Waals surface area (Å²) in [5.41, 5.74) is -0.849. The van der Waals surface area contributed by atoms with Gasteiger partial charge in [0, 0.05) is 12.6 Å². The van der Waals surface area contributed by atoms with Crippen LogP contribution in [0.15, 0.2) is 29.1 Å². The van der Waals surface area contributed by atoms with Gasteiger partial charge in [-0.15, -0.1) is 0 Å². The number of carbonyl (C=O) groups excluding carboxylic acids is 1. The fourth-order valence-electron chi connectivity index (χ4n) is 2.03. The molecule has 6 nitrogen and oxygen atoms in total. The second kappa shape index (κ2) is 7.87. The lowest BCUT2D eigenvalue weighted by molar-refractivity contribution is 0.0940. The van der Waals surface area contributed by atoms with Gasteiger partial charge in [0.2, 0.25) is 11.3 Å². The molecule has 0 fully saturated rings. The molecule has 8 heteroatoms. The molecule has 1 N–H and O–H groups in total. The smallest absolute Gasteiger partial charge is 0.275 e. The predicted molar refractivity (Wildman–Crippen MR) is 88.1 cm³/mol. The Morgan fingerprint density at radius 1 is 1.28 bits per heavy atom. The van der Waals surface area contributed by atoms with Crippen LogP contribution >= 0.6 is 0 Å². The normalized spacial score (nSPS) is 10.8. The number of carbonyl (C=O) groups is 1. The summed E-state index contributed by atoms with van der Waals surface area (Å²) < 4.78 is 33.1. The van der Waals surface area contributed by atoms with Gasteiger partial charge in [0.1, 0.15) is 0 Å². The summed E-state index contributed by atoms with van der Waals surface area (Å²) in [6.45, 7) is 6.11. The summed E-state index contributed by atoms with van der Waals surface area (Å²) in [4.78, 5) is 24.3. The lowest BCUT2D eigenvalue weighted by atomic mass is 10.2. The van der Waals surface area contributed by atoms with Crippen LogP contribution in [0.4, 0.5) is 8.78 Å². The molecule has 134 valence electrons. The maximum atomic E-state index is 13.5. The van der Waals surface area contributed by atoms with Gasteiger partial charge in [-0.2, -0.15) is 5.10 Å². The predicted octanol–water partition coefficient (Wildman–Crippen LogP) is 2.30. The number of nitrogens with zero attached hydrogens (tertiary/aromatic N) is 2. The van der Waals surface area contributed by atoms with Crippen LogP contribution in [0.3, 0.4) is 0 Å². The highest BCUT2D eigenvalue weighted by atomic mass is 19.2. The number of aromatic nitrogens is 2. The zero-order valence-electron chi connectivity index (χ0n) is 14.2. The first-order chi connectivity index (χ1) is 11.8. The average molecular weight is 351 g/mol. The van der Waals surface area contributed by atoms with Crippen molar-refractivity contribution in [2.75, 3.05) is 13.2 Å². The van der Waals surface area contributed by atoms with Crippen LogP contribution in [0, 0.1) is 17.6 Å². The number of rotatable bonds is 6. The summed E-state index contributed by atoms with van der Waals surface area (Å²) in [5, 5.41) is 6.59. The second-order valence-electron chi connectivity index (χ2n) is 5.74. The van der Waals surface area contributed by atoms with E-state index in [0.717, 1.165) is 22.9 Å². The Balaban J connectivity index is 2.52. The fourth-order valence-corrected chi connectivity index (χ4v) is 2.03. The number of amides is 1. The van der Waals surface area contributed by atoms with Crippen LogP contribution in [0.25, 0.3) is 5.69 Å². The van der Waals surface area contributed by atoms with Crippen molar-refractivity contribution in [3.63, 3.8) is 0 Å². The Labute approximate surface area is 143 Å². The van der Waals surface area contributed by atoms with E-state index in [1.807, 2.05) is 13.8 Å². The summed E-state index contributed by atoms with van der Waals surface area (Å²) in [7, 11) is 0. The Morgan fingerprint density at radius 2 is 2.00 bits per heavy atom. The van der Waals surface area contributed by atoms with Crippen molar-refractivity contribution in [3.05, 3.63) is 51.8 Å². The maximum Gasteiger partial charge on any atom is 0.275 e. The monoisotopic (exact) mass is 351 g/mol. The second-order valence-corrected chi connectivity index (χ2v) is 5.74. The van der Waals surface area contributed by atoms with Gasteiger partial charge in [0.05, 0.1) is 18.4 Å². The van der Waals surface area contributed by atoms with Crippen molar-refractivity contribution in [2.24, 2.45) is 5.92 Å². The van der Waals surface area contributed by atoms with E-state index in [1.165, 1.54) is 6.07 Å². The quantitative estimate of drug-likeness (QED) is 0.867. The number of hydrogen-bond donors (Lipinski definition) is 1. The van der Waals surface area contributed by atoms with Crippen LogP contribution in [-0.4, -0.2) is 28.8 Å². The molecule has 1 aromatic heterocycles. The molecule has 0 radical (unpaired) electrons. The lowest BCUT2D eigenvalue weighted by Gasteiger charge is -2.14. The molecule has 0 aliphatic rings. The van der Waals surface area contributed by atoms with E-state index in [9.17, 15) is 18.4 Å². The molecule has 2 rings (SSSR count). The van der Waals surface area contributed by atoms with Gasteiger partial charge in [0.15, 0.2) is 17.3 Å². The molecule has 0 saturated heterocycles. The molecule has 1 heterocycles. The highest BCUT2D eigenvalue weighted by molar-refractivity contribution is 5.92. The van der Waals surface area contributed by atoms with Crippen LogP contribution in [-0.2, 0) is 0 Å². The van der Waals surface area contributed by atoms with Gasteiger partial charge in [-0.3, -0.25) is 9.59 Å². The first-order valence-corrected chi connectivity index (χ1v) is 7.84. The van der Waals surface area contributed by atoms with Gasteiger partial charge in [-0.1, -0.05) is 13.8 Å². The summed E-state index contributed by atoms with van der Waals surface area (Å²) in [6, 6.07) is 4.21. The molecule has 0 aliphatic carbocycles. The number of benzene rings is 1. The molecule has 0 unspecified atom stereocenters. The van der Waals surface area contributed by atoms with E-state index in [2.05, 4.69) is 10.4 Å². The number of nitrogens with one attached hydrogen (secondary N) is 1. The molecule has 0 atom stereocenters. The standard InChI is InChI=1S/C17H19F2N3O3/c1-4-25-15-8-14(23)16(17(24)20-9-10(2)3)21-22(15)11-5-6-12(18)13(19)7-11/h5-8,10H,4,9H2,1-3H3,(H,20,24). The van der Waals surface area contributed by atoms with Gasteiger partial charge in [-0.25, -0.2) is 13.5 Å². The molecular formula is C17H19F2N3O3. The minimum absolute atomic E-state index is 0.0268. The summed E-state index contributed by atoms with van der Waals surface area (Å²) >= 11 is 0. The Hall–Kier alpha value is -2.77. The van der Waals surface area contributed by atoms with Crippen molar-refractivity contribution >= 4 is 5.91 Å². The van der Waals surface area contributed by atoms with Crippen molar-refractivity contribution in [1.82, 2.24) is 15.1 Å². The molecular weight excluding hydrogens is 332 g/mol. The number of hydrogen-bond acceptors (Lipinski definition) is 4. The maximum absolute atomic E-state index is 13.5. The van der Waals surface area contributed by atoms with Crippen LogP contribution in [0.5, 0.6) is 5.88 Å². The van der Waals surface area contributed by atoms with Gasteiger partial charge >= 0.3 is 0 Å². The third-order valence-electron chi connectivity index (χ3n) is 3.22. The molecule has 0 aliphatic heterocycles. The summed E-state index contributed by atoms with van der Waals surface area (Å²) in [6.07, 6.45) is 0. The minimum Gasteiger partial charge on any atom is -0.478 e. The van der Waals surface area contributed by atoms with Crippen LogP contribution < -0.4 is 15.5 Å². The SMILES string of the molecule is CCOc1cc(=O)c(C(=O)NCC(C)C)nn1-c1ccc(F)c(F)c1. The lowest BCUT2D eigenvalue weighted by Crippen LogP contribution is -2.33. The highest BCUT2D eigenvalue weighted by Crippen LogP contribution is 2.18. The van der Waals surface area contributed by atoms with Crippen LogP contribution in [0.2, 0.25) is 0 Å². The van der Waals surface area contributed by atoms with E-state index < -0.39 is 23.0 Å². The van der Waals surface area contributed by atoms with Gasteiger partial charge < -0.3 is 10.1 Å². The first-order valence-electron chi connectivity index (χ1n) is 7.84. The van der Waals surface area contributed by atoms with Gasteiger partial charge in [0.25, 0.3) is 5.91 Å². The first kappa shape index (κ1) is 18.6. The fraction of sp³-hybridized carbons (Fsp3) is 0.353. The van der Waals surface area contributed by atoms with Crippen molar-refractivity contribution < 1.29 is 18.3 Å². The highest BCUT2D eigenvalue weighted by Gasteiger charge is 2.18. The minimum atomic E-state index is -1.08. The van der Waals surface area contributed by atoms with Crippen molar-refractivity contribution in [3.8, 4) is 11.6 Å². The molecule has 0 saturated carbocycles.